The number of imidazole rings is 1. The number of anilines is 1. The summed E-state index contributed by atoms with van der Waals surface area (Å²) in [6.45, 7) is 7.32. The summed E-state index contributed by atoms with van der Waals surface area (Å²) >= 11 is 0. The average molecular weight is 728 g/mol. The molecule has 0 radical (unpaired) electrons. The summed E-state index contributed by atoms with van der Waals surface area (Å²) in [6, 6.07) is 22.1. The molecule has 1 aromatic heterocycles. The topological polar surface area (TPSA) is 109 Å². The average Bonchev–Trinajstić information content (AvgIpc) is 3.80. The molecule has 2 aliphatic rings. The summed E-state index contributed by atoms with van der Waals surface area (Å²) in [6.07, 6.45) is 4.76. The Kier molecular flexibility index (Phi) is 13.0. The van der Waals surface area contributed by atoms with Crippen LogP contribution < -0.4 is 19.5 Å². The molecule has 284 valence electrons. The molecule has 2 unspecified atom stereocenters. The number of para-hydroxylation sites is 2. The van der Waals surface area contributed by atoms with Crippen LogP contribution in [0.4, 0.5) is 5.95 Å². The van der Waals surface area contributed by atoms with E-state index in [1.54, 1.807) is 44.6 Å². The van der Waals surface area contributed by atoms with E-state index >= 15 is 0 Å². The molecule has 1 N–H and O–H groups in total. The fourth-order valence-corrected chi connectivity index (χ4v) is 7.14. The summed E-state index contributed by atoms with van der Waals surface area (Å²) in [5, 5.41) is 3.75. The second kappa shape index (κ2) is 18.2. The van der Waals surface area contributed by atoms with Crippen molar-refractivity contribution < 1.29 is 33.2 Å². The Morgan fingerprint density at radius 1 is 0.981 bits per heavy atom. The quantitative estimate of drug-likeness (QED) is 0.119. The highest BCUT2D eigenvalue weighted by Crippen LogP contribution is 2.38. The largest absolute Gasteiger partial charge is 0.493 e. The smallest absolute Gasteiger partial charge is 0.253 e. The van der Waals surface area contributed by atoms with Crippen LogP contribution in [0.1, 0.15) is 42.1 Å². The van der Waals surface area contributed by atoms with Crippen molar-refractivity contribution in [3.05, 3.63) is 89.9 Å². The molecular weight excluding hydrogens is 674 g/mol. The van der Waals surface area contributed by atoms with E-state index in [4.69, 9.17) is 33.4 Å². The number of piperidine rings is 1. The van der Waals surface area contributed by atoms with Crippen molar-refractivity contribution in [2.24, 2.45) is 5.92 Å². The van der Waals surface area contributed by atoms with Gasteiger partial charge in [0.15, 0.2) is 11.5 Å². The number of aromatic nitrogens is 2. The number of carbonyl (C=O) groups excluding carboxylic acids is 1. The van der Waals surface area contributed by atoms with Gasteiger partial charge in [0, 0.05) is 63.8 Å². The Morgan fingerprint density at radius 2 is 1.70 bits per heavy atom. The predicted molar refractivity (Wildman–Crippen MR) is 205 cm³/mol. The monoisotopic (exact) mass is 727 g/mol. The van der Waals surface area contributed by atoms with Crippen LogP contribution in [0, 0.1) is 5.92 Å². The SMILES string of the molecule is CCOCCn1c(NC2CCN(CCC(CN(C)C(=O)c3cc(OC)c(OC)c(OC)c3)C3=COC(Cc4ccccc4)O3)CC2)nc2ccccc21. The lowest BCUT2D eigenvalue weighted by Gasteiger charge is -2.34. The maximum atomic E-state index is 13.8. The van der Waals surface area contributed by atoms with Crippen molar-refractivity contribution in [1.29, 1.82) is 0 Å². The third kappa shape index (κ3) is 9.36. The van der Waals surface area contributed by atoms with Crippen molar-refractivity contribution in [3.8, 4) is 17.2 Å². The van der Waals surface area contributed by atoms with Gasteiger partial charge in [-0.25, -0.2) is 4.98 Å². The Morgan fingerprint density at radius 3 is 2.40 bits per heavy atom. The summed E-state index contributed by atoms with van der Waals surface area (Å²) < 4.78 is 36.8. The standard InChI is InChI=1S/C41H53N5O7/c1-6-51-23-22-46-34-15-11-10-14-33(34)43-41(46)42-32-17-20-45(21-18-32)19-16-30(37-28-52-38(53-37)24-29-12-8-7-9-13-29)27-44(2)40(47)31-25-35(48-3)39(50-5)36(26-31)49-4/h7-15,25-26,28,30,32,38H,6,16-24,27H2,1-5H3,(H,42,43). The molecule has 3 aromatic carbocycles. The third-order valence-electron chi connectivity index (χ3n) is 10.0. The Balaban J connectivity index is 1.10. The summed E-state index contributed by atoms with van der Waals surface area (Å²) in [5.74, 6) is 2.73. The molecule has 12 nitrogen and oxygen atoms in total. The Bertz CT molecular complexity index is 1800. The van der Waals surface area contributed by atoms with Crippen LogP contribution in [0.2, 0.25) is 0 Å². The number of nitrogens with one attached hydrogen (secondary N) is 1. The van der Waals surface area contributed by atoms with Crippen LogP contribution in [0.5, 0.6) is 17.2 Å². The van der Waals surface area contributed by atoms with E-state index in [9.17, 15) is 4.79 Å². The molecule has 3 heterocycles. The van der Waals surface area contributed by atoms with Crippen molar-refractivity contribution in [2.45, 2.75) is 51.5 Å². The number of hydrogen-bond acceptors (Lipinski definition) is 10. The molecule has 0 spiro atoms. The molecule has 1 saturated heterocycles. The number of fused-ring (bicyclic) bond motifs is 1. The van der Waals surface area contributed by atoms with Crippen LogP contribution in [-0.4, -0.2) is 105 Å². The van der Waals surface area contributed by atoms with Crippen LogP contribution in [0.3, 0.4) is 0 Å². The highest BCUT2D eigenvalue weighted by molar-refractivity contribution is 5.95. The number of amides is 1. The molecule has 0 bridgehead atoms. The zero-order chi connectivity index (χ0) is 37.2. The number of methoxy groups -OCH3 is 3. The second-order valence-corrected chi connectivity index (χ2v) is 13.5. The van der Waals surface area contributed by atoms with Gasteiger partial charge in [-0.2, -0.15) is 0 Å². The first-order chi connectivity index (χ1) is 25.9. The lowest BCUT2D eigenvalue weighted by Crippen LogP contribution is -2.41. The first-order valence-corrected chi connectivity index (χ1v) is 18.5. The van der Waals surface area contributed by atoms with Gasteiger partial charge in [-0.05, 0) is 62.6 Å². The number of benzene rings is 3. The Labute approximate surface area is 312 Å². The van der Waals surface area contributed by atoms with Gasteiger partial charge in [0.05, 0.1) is 39.0 Å². The minimum atomic E-state index is -0.412. The highest BCUT2D eigenvalue weighted by Gasteiger charge is 2.31. The van der Waals surface area contributed by atoms with E-state index in [0.717, 1.165) is 73.7 Å². The summed E-state index contributed by atoms with van der Waals surface area (Å²) in [7, 11) is 6.44. The zero-order valence-electron chi connectivity index (χ0n) is 31.6. The number of ether oxygens (including phenoxy) is 6. The minimum Gasteiger partial charge on any atom is -0.493 e. The molecule has 1 amide bonds. The van der Waals surface area contributed by atoms with Crippen molar-refractivity contribution >= 4 is 22.9 Å². The van der Waals surface area contributed by atoms with Gasteiger partial charge in [0.25, 0.3) is 5.91 Å². The van der Waals surface area contributed by atoms with E-state index in [0.29, 0.717) is 55.0 Å². The van der Waals surface area contributed by atoms with Crippen LogP contribution in [-0.2, 0) is 27.2 Å². The molecule has 1 fully saturated rings. The molecular formula is C41H53N5O7. The molecule has 2 atom stereocenters. The van der Waals surface area contributed by atoms with Gasteiger partial charge in [-0.15, -0.1) is 0 Å². The molecule has 12 heteroatoms. The van der Waals surface area contributed by atoms with Crippen LogP contribution >= 0.6 is 0 Å². The van der Waals surface area contributed by atoms with E-state index in [1.807, 2.05) is 38.2 Å². The van der Waals surface area contributed by atoms with Gasteiger partial charge < -0.3 is 48.1 Å². The van der Waals surface area contributed by atoms with E-state index < -0.39 is 6.29 Å². The lowest BCUT2D eigenvalue weighted by molar-refractivity contribution is -0.0377. The zero-order valence-corrected chi connectivity index (χ0v) is 31.6. The van der Waals surface area contributed by atoms with Gasteiger partial charge in [-0.3, -0.25) is 4.79 Å². The van der Waals surface area contributed by atoms with E-state index in [1.165, 1.54) is 0 Å². The van der Waals surface area contributed by atoms with E-state index in [2.05, 4.69) is 45.1 Å². The summed E-state index contributed by atoms with van der Waals surface area (Å²) in [4.78, 5) is 23.0. The second-order valence-electron chi connectivity index (χ2n) is 13.5. The van der Waals surface area contributed by atoms with Crippen LogP contribution in [0.25, 0.3) is 11.0 Å². The van der Waals surface area contributed by atoms with Gasteiger partial charge in [0.2, 0.25) is 18.0 Å². The molecule has 6 rings (SSSR count). The third-order valence-corrected chi connectivity index (χ3v) is 10.0. The lowest BCUT2D eigenvalue weighted by atomic mass is 9.99. The number of rotatable bonds is 18. The van der Waals surface area contributed by atoms with E-state index in [-0.39, 0.29) is 11.8 Å². The number of nitrogens with zero attached hydrogens (tertiary/aromatic N) is 4. The van der Waals surface area contributed by atoms with Crippen molar-refractivity contribution in [2.75, 3.05) is 73.1 Å². The summed E-state index contributed by atoms with van der Waals surface area (Å²) in [5.41, 5.74) is 3.69. The number of likely N-dealkylation sites (tertiary alicyclic amines) is 1. The molecule has 0 saturated carbocycles. The molecule has 4 aromatic rings. The van der Waals surface area contributed by atoms with Crippen molar-refractivity contribution in [1.82, 2.24) is 19.4 Å². The van der Waals surface area contributed by atoms with Crippen LogP contribution in [0.15, 0.2) is 78.8 Å². The number of hydrogen-bond donors (Lipinski definition) is 1. The van der Waals surface area contributed by atoms with Gasteiger partial charge >= 0.3 is 0 Å². The first-order valence-electron chi connectivity index (χ1n) is 18.5. The normalized spacial score (nSPS) is 16.8. The van der Waals surface area contributed by atoms with Gasteiger partial charge in [-0.1, -0.05) is 42.5 Å². The molecule has 2 aliphatic heterocycles. The highest BCUT2D eigenvalue weighted by atomic mass is 16.7. The fraction of sp³-hybridized carbons (Fsp3) is 0.463. The maximum Gasteiger partial charge on any atom is 0.253 e. The molecule has 0 aliphatic carbocycles. The predicted octanol–water partition coefficient (Wildman–Crippen LogP) is 6.21. The maximum absolute atomic E-state index is 13.8. The van der Waals surface area contributed by atoms with Crippen molar-refractivity contribution in [3.63, 3.8) is 0 Å². The number of carbonyl (C=O) groups is 1. The minimum absolute atomic E-state index is 0.0761. The first kappa shape index (κ1) is 37.8. The van der Waals surface area contributed by atoms with Gasteiger partial charge in [0.1, 0.15) is 12.0 Å². The fourth-order valence-electron chi connectivity index (χ4n) is 7.14. The Hall–Kier alpha value is -4.94. The molecule has 53 heavy (non-hydrogen) atoms.